The van der Waals surface area contributed by atoms with Crippen molar-refractivity contribution >= 4 is 11.3 Å². The average Bonchev–Trinajstić information content (AvgIpc) is 3.04. The Balaban J connectivity index is 1.79. The van der Waals surface area contributed by atoms with Gasteiger partial charge in [-0.05, 0) is 56.4 Å². The van der Waals surface area contributed by atoms with Crippen LogP contribution in [0.15, 0.2) is 41.8 Å². The third-order valence-corrected chi connectivity index (χ3v) is 4.89. The Labute approximate surface area is 142 Å². The predicted octanol–water partition coefficient (Wildman–Crippen LogP) is 7.71. The molecule has 0 spiro atoms. The number of hydrogen-bond donors (Lipinski definition) is 0. The second kappa shape index (κ2) is 15.1. The SMILES string of the molecule is CCCCCC=CCC=CCCCCCCCc1cccs1. The van der Waals surface area contributed by atoms with Crippen LogP contribution in [0.25, 0.3) is 0 Å². The molecule has 0 aromatic carbocycles. The zero-order valence-electron chi connectivity index (χ0n) is 14.4. The standard InChI is InChI=1S/C21H34S/c1-2-3-4-5-6-7-8-9-10-11-12-13-14-15-16-18-21-19-17-20-22-21/h6-7,9-10,17,19-20H,2-5,8,11-16,18H2,1H3. The summed E-state index contributed by atoms with van der Waals surface area (Å²) < 4.78 is 0. The molecule has 0 bridgehead atoms. The van der Waals surface area contributed by atoms with E-state index in [9.17, 15) is 0 Å². The van der Waals surface area contributed by atoms with Crippen LogP contribution in [0.5, 0.6) is 0 Å². The summed E-state index contributed by atoms with van der Waals surface area (Å²) in [6, 6.07) is 4.42. The van der Waals surface area contributed by atoms with Crippen molar-refractivity contribution in [3.05, 3.63) is 46.7 Å². The minimum atomic E-state index is 1.12. The van der Waals surface area contributed by atoms with Gasteiger partial charge in [0.25, 0.3) is 0 Å². The molecule has 1 heterocycles. The molecule has 0 radical (unpaired) electrons. The molecule has 0 nitrogen and oxygen atoms in total. The first-order valence-corrected chi connectivity index (χ1v) is 10.1. The van der Waals surface area contributed by atoms with Crippen molar-refractivity contribution in [1.82, 2.24) is 0 Å². The molecular formula is C21H34S. The number of unbranched alkanes of at least 4 members (excludes halogenated alkanes) is 8. The quantitative estimate of drug-likeness (QED) is 0.243. The maximum absolute atomic E-state index is 2.36. The lowest BCUT2D eigenvalue weighted by Gasteiger charge is -1.99. The van der Waals surface area contributed by atoms with Crippen LogP contribution in [0.1, 0.15) is 82.4 Å². The summed E-state index contributed by atoms with van der Waals surface area (Å²) in [6.45, 7) is 2.26. The minimum Gasteiger partial charge on any atom is -0.149 e. The lowest BCUT2D eigenvalue weighted by molar-refractivity contribution is 0.619. The van der Waals surface area contributed by atoms with Crippen LogP contribution in [0.4, 0.5) is 0 Å². The summed E-state index contributed by atoms with van der Waals surface area (Å²) >= 11 is 1.89. The van der Waals surface area contributed by atoms with E-state index in [-0.39, 0.29) is 0 Å². The van der Waals surface area contributed by atoms with Gasteiger partial charge < -0.3 is 0 Å². The molecule has 22 heavy (non-hydrogen) atoms. The van der Waals surface area contributed by atoms with E-state index in [2.05, 4.69) is 48.7 Å². The first-order valence-electron chi connectivity index (χ1n) is 9.26. The van der Waals surface area contributed by atoms with Gasteiger partial charge in [-0.15, -0.1) is 11.3 Å². The van der Waals surface area contributed by atoms with Crippen LogP contribution in [0.2, 0.25) is 0 Å². The van der Waals surface area contributed by atoms with Gasteiger partial charge in [-0.25, -0.2) is 0 Å². The van der Waals surface area contributed by atoms with Gasteiger partial charge in [0, 0.05) is 4.88 Å². The molecule has 0 aliphatic carbocycles. The topological polar surface area (TPSA) is 0 Å². The fourth-order valence-electron chi connectivity index (χ4n) is 2.57. The molecule has 0 saturated carbocycles. The molecule has 0 saturated heterocycles. The summed E-state index contributed by atoms with van der Waals surface area (Å²) in [5.74, 6) is 0. The molecule has 1 aromatic rings. The van der Waals surface area contributed by atoms with Gasteiger partial charge in [-0.3, -0.25) is 0 Å². The number of allylic oxidation sites excluding steroid dienone is 4. The summed E-state index contributed by atoms with van der Waals surface area (Å²) in [5.41, 5.74) is 0. The number of thiophene rings is 1. The Morgan fingerprint density at radius 2 is 1.50 bits per heavy atom. The third kappa shape index (κ3) is 11.8. The van der Waals surface area contributed by atoms with Crippen molar-refractivity contribution in [2.24, 2.45) is 0 Å². The van der Waals surface area contributed by atoms with Crippen molar-refractivity contribution in [2.75, 3.05) is 0 Å². The lowest BCUT2D eigenvalue weighted by Crippen LogP contribution is -1.82. The van der Waals surface area contributed by atoms with E-state index in [4.69, 9.17) is 0 Å². The smallest absolute Gasteiger partial charge is 0.00452 e. The summed E-state index contributed by atoms with van der Waals surface area (Å²) in [4.78, 5) is 1.55. The van der Waals surface area contributed by atoms with Gasteiger partial charge in [0.05, 0.1) is 0 Å². The van der Waals surface area contributed by atoms with Crippen molar-refractivity contribution in [3.63, 3.8) is 0 Å². The van der Waals surface area contributed by atoms with Gasteiger partial charge in [0.1, 0.15) is 0 Å². The number of aryl methyl sites for hydroxylation is 1. The van der Waals surface area contributed by atoms with Crippen LogP contribution in [0.3, 0.4) is 0 Å². The maximum atomic E-state index is 2.36. The molecule has 0 amide bonds. The molecule has 1 heteroatoms. The van der Waals surface area contributed by atoms with E-state index in [1.807, 2.05) is 11.3 Å². The Morgan fingerprint density at radius 1 is 0.818 bits per heavy atom. The van der Waals surface area contributed by atoms with E-state index in [1.165, 1.54) is 70.6 Å². The third-order valence-electron chi connectivity index (χ3n) is 3.95. The van der Waals surface area contributed by atoms with Gasteiger partial charge in [-0.1, -0.05) is 69.4 Å². The Bertz CT molecular complexity index is 373. The normalized spacial score (nSPS) is 11.9. The first kappa shape index (κ1) is 19.2. The van der Waals surface area contributed by atoms with Crippen LogP contribution in [0, 0.1) is 0 Å². The van der Waals surface area contributed by atoms with Crippen LogP contribution >= 0.6 is 11.3 Å². The second-order valence-electron chi connectivity index (χ2n) is 6.06. The lowest BCUT2D eigenvalue weighted by atomic mass is 10.1. The molecule has 0 fully saturated rings. The summed E-state index contributed by atoms with van der Waals surface area (Å²) in [6.07, 6.45) is 25.2. The van der Waals surface area contributed by atoms with Gasteiger partial charge in [0.2, 0.25) is 0 Å². The fraction of sp³-hybridized carbons (Fsp3) is 0.619. The van der Waals surface area contributed by atoms with Crippen molar-refractivity contribution in [3.8, 4) is 0 Å². The molecule has 0 aliphatic heterocycles. The minimum absolute atomic E-state index is 1.12. The van der Waals surface area contributed by atoms with Crippen LogP contribution in [-0.2, 0) is 6.42 Å². The van der Waals surface area contributed by atoms with E-state index < -0.39 is 0 Å². The first-order chi connectivity index (χ1) is 10.9. The van der Waals surface area contributed by atoms with Crippen LogP contribution in [-0.4, -0.2) is 0 Å². The van der Waals surface area contributed by atoms with Crippen LogP contribution < -0.4 is 0 Å². The molecule has 0 N–H and O–H groups in total. The van der Waals surface area contributed by atoms with E-state index in [0.29, 0.717) is 0 Å². The maximum Gasteiger partial charge on any atom is 0.00452 e. The monoisotopic (exact) mass is 318 g/mol. The van der Waals surface area contributed by atoms with E-state index >= 15 is 0 Å². The molecule has 1 aromatic heterocycles. The van der Waals surface area contributed by atoms with Crippen molar-refractivity contribution in [1.29, 1.82) is 0 Å². The molecule has 1 rings (SSSR count). The Hall–Kier alpha value is -0.820. The zero-order valence-corrected chi connectivity index (χ0v) is 15.3. The number of hydrogen-bond acceptors (Lipinski definition) is 1. The van der Waals surface area contributed by atoms with Gasteiger partial charge >= 0.3 is 0 Å². The van der Waals surface area contributed by atoms with E-state index in [0.717, 1.165) is 6.42 Å². The zero-order chi connectivity index (χ0) is 15.7. The Kier molecular flexibility index (Phi) is 13.2. The molecule has 0 aliphatic rings. The van der Waals surface area contributed by atoms with Crippen molar-refractivity contribution in [2.45, 2.75) is 84.0 Å². The summed E-state index contributed by atoms with van der Waals surface area (Å²) in [5, 5.41) is 2.18. The highest BCUT2D eigenvalue weighted by Gasteiger charge is 1.94. The predicted molar refractivity (Wildman–Crippen MR) is 103 cm³/mol. The largest absolute Gasteiger partial charge is 0.149 e. The highest BCUT2D eigenvalue weighted by Crippen LogP contribution is 2.14. The highest BCUT2D eigenvalue weighted by atomic mass is 32.1. The molecule has 0 unspecified atom stereocenters. The van der Waals surface area contributed by atoms with E-state index in [1.54, 1.807) is 4.88 Å². The molecular weight excluding hydrogens is 284 g/mol. The Morgan fingerprint density at radius 3 is 2.18 bits per heavy atom. The van der Waals surface area contributed by atoms with Gasteiger partial charge in [-0.2, -0.15) is 0 Å². The second-order valence-corrected chi connectivity index (χ2v) is 7.09. The molecule has 124 valence electrons. The number of rotatable bonds is 14. The van der Waals surface area contributed by atoms with Crippen molar-refractivity contribution < 1.29 is 0 Å². The highest BCUT2D eigenvalue weighted by molar-refractivity contribution is 7.09. The summed E-state index contributed by atoms with van der Waals surface area (Å²) in [7, 11) is 0. The van der Waals surface area contributed by atoms with Gasteiger partial charge in [0.15, 0.2) is 0 Å². The average molecular weight is 319 g/mol. The fourth-order valence-corrected chi connectivity index (χ4v) is 3.32. The molecule has 0 atom stereocenters.